The molecule has 1 amide bonds. The summed E-state index contributed by atoms with van der Waals surface area (Å²) in [6.45, 7) is 2.21. The molecule has 3 N–H and O–H groups in total. The van der Waals surface area contributed by atoms with Crippen LogP contribution in [0.4, 0.5) is 0 Å². The van der Waals surface area contributed by atoms with Crippen LogP contribution in [0.1, 0.15) is 41.0 Å². The molecule has 0 aliphatic heterocycles. The fourth-order valence-electron chi connectivity index (χ4n) is 3.81. The van der Waals surface area contributed by atoms with Crippen molar-refractivity contribution in [1.82, 2.24) is 9.55 Å². The fraction of sp³-hybridized carbons (Fsp3) is 0.231. The van der Waals surface area contributed by atoms with E-state index in [1.807, 2.05) is 24.3 Å². The number of nitrogens with two attached hydrogens (primary N) is 1. The number of hydrogen-bond acceptors (Lipinski definition) is 5. The number of hydrogen-bond donors (Lipinski definition) is 2. The van der Waals surface area contributed by atoms with Gasteiger partial charge in [-0.3, -0.25) is 4.79 Å². The molecule has 2 heterocycles. The van der Waals surface area contributed by atoms with E-state index in [0.29, 0.717) is 19.4 Å². The number of primary amides is 1. The van der Waals surface area contributed by atoms with Crippen molar-refractivity contribution in [3.05, 3.63) is 95.4 Å². The lowest BCUT2D eigenvalue weighted by Gasteiger charge is -2.22. The zero-order valence-corrected chi connectivity index (χ0v) is 19.2. The van der Waals surface area contributed by atoms with Crippen LogP contribution in [0, 0.1) is 0 Å². The van der Waals surface area contributed by atoms with Gasteiger partial charge in [0, 0.05) is 11.1 Å². The van der Waals surface area contributed by atoms with Crippen molar-refractivity contribution in [2.45, 2.75) is 38.5 Å². The van der Waals surface area contributed by atoms with Gasteiger partial charge in [-0.25, -0.2) is 4.98 Å². The third kappa shape index (κ3) is 5.69. The number of carbonyl (C=O) groups excluding carboxylic acids is 1. The molecule has 4 aromatic rings. The molecule has 0 aliphatic carbocycles. The molecule has 33 heavy (non-hydrogen) atoms. The number of aliphatic hydroxyl groups is 1. The summed E-state index contributed by atoms with van der Waals surface area (Å²) in [6.07, 6.45) is 3.87. The highest BCUT2D eigenvalue weighted by Crippen LogP contribution is 2.27. The van der Waals surface area contributed by atoms with Crippen LogP contribution < -0.4 is 10.5 Å². The minimum absolute atomic E-state index is 0.189. The van der Waals surface area contributed by atoms with Gasteiger partial charge in [-0.15, -0.1) is 11.3 Å². The van der Waals surface area contributed by atoms with E-state index in [9.17, 15) is 9.90 Å². The molecule has 0 fully saturated rings. The molecule has 0 aliphatic rings. The van der Waals surface area contributed by atoms with Crippen molar-refractivity contribution in [2.75, 3.05) is 0 Å². The molecule has 0 radical (unpaired) electrons. The van der Waals surface area contributed by atoms with Crippen molar-refractivity contribution in [3.8, 4) is 16.2 Å². The fourth-order valence-corrected chi connectivity index (χ4v) is 4.54. The van der Waals surface area contributed by atoms with Crippen molar-refractivity contribution in [1.29, 1.82) is 0 Å². The predicted octanol–water partition coefficient (Wildman–Crippen LogP) is 4.84. The van der Waals surface area contributed by atoms with Crippen LogP contribution in [0.25, 0.3) is 10.4 Å². The second-order valence-electron chi connectivity index (χ2n) is 7.99. The van der Waals surface area contributed by atoms with Gasteiger partial charge in [0.25, 0.3) is 5.91 Å². The minimum atomic E-state index is -0.616. The quantitative estimate of drug-likeness (QED) is 0.353. The Morgan fingerprint density at radius 3 is 2.61 bits per heavy atom. The average molecular weight is 462 g/mol. The first-order valence-corrected chi connectivity index (χ1v) is 11.7. The number of aromatic nitrogens is 2. The number of amides is 1. The number of imidazole rings is 1. The standard InChI is InChI=1S/C26H27N3O3S/c1-18(30)23(29-15-22(26(27)31)28-17-29)13-12-20-5-2-3-6-24(20)32-16-19-8-10-21(11-9-19)25-7-4-14-33-25/h2-11,14-15,17-18,23,30H,12-13,16H2,1H3,(H2,27,31)/t18-,23+/m0/s1. The molecule has 0 unspecified atom stereocenters. The van der Waals surface area contributed by atoms with E-state index in [1.165, 1.54) is 10.4 Å². The van der Waals surface area contributed by atoms with E-state index in [4.69, 9.17) is 10.5 Å². The molecule has 0 saturated heterocycles. The lowest BCUT2D eigenvalue weighted by molar-refractivity contribution is 0.0994. The maximum absolute atomic E-state index is 11.4. The summed E-state index contributed by atoms with van der Waals surface area (Å²) in [6, 6.07) is 20.3. The Morgan fingerprint density at radius 1 is 1.15 bits per heavy atom. The molecular formula is C26H27N3O3S. The van der Waals surface area contributed by atoms with Crippen molar-refractivity contribution < 1.29 is 14.6 Å². The molecule has 4 rings (SSSR count). The second kappa shape index (κ2) is 10.5. The van der Waals surface area contributed by atoms with Gasteiger partial charge >= 0.3 is 0 Å². The first-order valence-electron chi connectivity index (χ1n) is 10.9. The summed E-state index contributed by atoms with van der Waals surface area (Å²) >= 11 is 1.73. The predicted molar refractivity (Wildman–Crippen MR) is 130 cm³/mol. The summed E-state index contributed by atoms with van der Waals surface area (Å²) in [5, 5.41) is 12.4. The maximum atomic E-state index is 11.4. The van der Waals surface area contributed by atoms with Crippen LogP contribution in [-0.2, 0) is 13.0 Å². The first kappa shape index (κ1) is 22.8. The second-order valence-corrected chi connectivity index (χ2v) is 8.94. The van der Waals surface area contributed by atoms with E-state index in [2.05, 4.69) is 46.8 Å². The lowest BCUT2D eigenvalue weighted by Crippen LogP contribution is -2.21. The van der Waals surface area contributed by atoms with Crippen LogP contribution in [0.15, 0.2) is 78.6 Å². The van der Waals surface area contributed by atoms with E-state index in [1.54, 1.807) is 35.4 Å². The van der Waals surface area contributed by atoms with E-state index < -0.39 is 12.0 Å². The van der Waals surface area contributed by atoms with Crippen LogP contribution >= 0.6 is 11.3 Å². The highest BCUT2D eigenvalue weighted by molar-refractivity contribution is 7.13. The number of para-hydroxylation sites is 1. The molecule has 2 aromatic carbocycles. The summed E-state index contributed by atoms with van der Waals surface area (Å²) in [5.74, 6) is 0.243. The largest absolute Gasteiger partial charge is 0.489 e. The highest BCUT2D eigenvalue weighted by atomic mass is 32.1. The minimum Gasteiger partial charge on any atom is -0.489 e. The Bertz CT molecular complexity index is 1180. The van der Waals surface area contributed by atoms with Crippen LogP contribution in [-0.4, -0.2) is 26.7 Å². The summed E-state index contributed by atoms with van der Waals surface area (Å²) in [7, 11) is 0. The molecule has 0 bridgehead atoms. The molecule has 6 nitrogen and oxygen atoms in total. The molecule has 2 atom stereocenters. The van der Waals surface area contributed by atoms with Gasteiger partial charge in [0.15, 0.2) is 0 Å². The number of aryl methyl sites for hydroxylation is 1. The van der Waals surface area contributed by atoms with Gasteiger partial charge in [-0.05, 0) is 54.0 Å². The zero-order valence-electron chi connectivity index (χ0n) is 18.4. The maximum Gasteiger partial charge on any atom is 0.268 e. The number of nitrogens with zero attached hydrogens (tertiary/aromatic N) is 2. The van der Waals surface area contributed by atoms with Gasteiger partial charge in [-0.1, -0.05) is 48.5 Å². The van der Waals surface area contributed by atoms with E-state index in [-0.39, 0.29) is 11.7 Å². The lowest BCUT2D eigenvalue weighted by atomic mass is 10.0. The van der Waals surface area contributed by atoms with E-state index in [0.717, 1.165) is 16.9 Å². The molecular weight excluding hydrogens is 434 g/mol. The summed E-state index contributed by atoms with van der Waals surface area (Å²) in [4.78, 5) is 16.6. The number of thiophene rings is 1. The number of ether oxygens (including phenoxy) is 1. The molecule has 0 saturated carbocycles. The molecule has 7 heteroatoms. The van der Waals surface area contributed by atoms with Crippen LogP contribution in [0.5, 0.6) is 5.75 Å². The molecule has 2 aromatic heterocycles. The topological polar surface area (TPSA) is 90.4 Å². The number of rotatable bonds is 10. The highest BCUT2D eigenvalue weighted by Gasteiger charge is 2.19. The Balaban J connectivity index is 1.40. The van der Waals surface area contributed by atoms with Crippen LogP contribution in [0.3, 0.4) is 0 Å². The van der Waals surface area contributed by atoms with Crippen molar-refractivity contribution in [3.63, 3.8) is 0 Å². The Labute approximate surface area is 197 Å². The SMILES string of the molecule is C[C@H](O)[C@@H](CCc1ccccc1OCc1ccc(-c2cccs2)cc1)n1cnc(C(N)=O)c1. The number of aliphatic hydroxyl groups excluding tert-OH is 1. The van der Waals surface area contributed by atoms with Gasteiger partial charge in [0.05, 0.1) is 18.5 Å². The Kier molecular flexibility index (Phi) is 7.22. The van der Waals surface area contributed by atoms with Crippen molar-refractivity contribution >= 4 is 17.2 Å². The monoisotopic (exact) mass is 461 g/mol. The average Bonchev–Trinajstić information content (AvgIpc) is 3.52. The summed E-state index contributed by atoms with van der Waals surface area (Å²) in [5.41, 5.74) is 8.87. The normalized spacial score (nSPS) is 12.9. The van der Waals surface area contributed by atoms with Crippen LogP contribution in [0.2, 0.25) is 0 Å². The first-order chi connectivity index (χ1) is 16.0. The smallest absolute Gasteiger partial charge is 0.268 e. The molecule has 170 valence electrons. The van der Waals surface area contributed by atoms with E-state index >= 15 is 0 Å². The van der Waals surface area contributed by atoms with Gasteiger partial charge in [-0.2, -0.15) is 0 Å². The Morgan fingerprint density at radius 2 is 1.94 bits per heavy atom. The van der Waals surface area contributed by atoms with Crippen molar-refractivity contribution in [2.24, 2.45) is 5.73 Å². The van der Waals surface area contributed by atoms with Gasteiger partial charge in [0.1, 0.15) is 18.1 Å². The Hall–Kier alpha value is -3.42. The molecule has 0 spiro atoms. The third-order valence-electron chi connectivity index (χ3n) is 5.63. The number of benzene rings is 2. The van der Waals surface area contributed by atoms with Gasteiger partial charge < -0.3 is 20.1 Å². The van der Waals surface area contributed by atoms with Gasteiger partial charge in [0.2, 0.25) is 0 Å². The zero-order chi connectivity index (χ0) is 23.2. The number of carbonyl (C=O) groups is 1. The third-order valence-corrected chi connectivity index (χ3v) is 6.55. The summed E-state index contributed by atoms with van der Waals surface area (Å²) < 4.78 is 7.90.